The van der Waals surface area contributed by atoms with E-state index in [-0.39, 0.29) is 0 Å². The molecule has 0 saturated heterocycles. The highest BCUT2D eigenvalue weighted by Crippen LogP contribution is 2.15. The zero-order valence-electron chi connectivity index (χ0n) is 9.77. The van der Waals surface area contributed by atoms with Gasteiger partial charge in [0.25, 0.3) is 0 Å². The Morgan fingerprint density at radius 3 is 2.75 bits per heavy atom. The van der Waals surface area contributed by atoms with E-state index in [1.165, 1.54) is 16.7 Å². The van der Waals surface area contributed by atoms with Gasteiger partial charge in [-0.1, -0.05) is 23.8 Å². The summed E-state index contributed by atoms with van der Waals surface area (Å²) in [5, 5.41) is 0. The van der Waals surface area contributed by atoms with Crippen LogP contribution in [0.5, 0.6) is 0 Å². The Labute approximate surface area is 95.9 Å². The van der Waals surface area contributed by atoms with Gasteiger partial charge in [0.05, 0.1) is 0 Å². The van der Waals surface area contributed by atoms with Crippen molar-refractivity contribution in [2.45, 2.75) is 19.9 Å². The van der Waals surface area contributed by atoms with Gasteiger partial charge in [-0.2, -0.15) is 0 Å². The lowest BCUT2D eigenvalue weighted by Crippen LogP contribution is -2.05. The molecule has 3 nitrogen and oxygen atoms in total. The number of hydrogen-bond acceptors (Lipinski definition) is 2. The molecular formula is C13H17N3. The smallest absolute Gasteiger partial charge is 0.112 e. The summed E-state index contributed by atoms with van der Waals surface area (Å²) >= 11 is 0. The minimum Gasteiger partial charge on any atom is -0.338 e. The first-order valence-corrected chi connectivity index (χ1v) is 5.45. The lowest BCUT2D eigenvalue weighted by Gasteiger charge is -2.09. The number of aromatic nitrogens is 2. The Morgan fingerprint density at radius 2 is 2.12 bits per heavy atom. The maximum absolute atomic E-state index is 5.74. The highest BCUT2D eigenvalue weighted by molar-refractivity contribution is 5.33. The van der Waals surface area contributed by atoms with Crippen LogP contribution in [-0.4, -0.2) is 9.55 Å². The Morgan fingerprint density at radius 1 is 1.31 bits per heavy atom. The zero-order valence-corrected chi connectivity index (χ0v) is 9.77. The van der Waals surface area contributed by atoms with Crippen LogP contribution in [0.2, 0.25) is 0 Å². The Hall–Kier alpha value is -1.61. The van der Waals surface area contributed by atoms with Gasteiger partial charge in [0, 0.05) is 32.4 Å². The van der Waals surface area contributed by atoms with Crippen molar-refractivity contribution >= 4 is 0 Å². The molecule has 0 fully saturated rings. The highest BCUT2D eigenvalue weighted by atomic mass is 15.0. The van der Waals surface area contributed by atoms with E-state index in [4.69, 9.17) is 5.73 Å². The summed E-state index contributed by atoms with van der Waals surface area (Å²) in [6.45, 7) is 2.68. The summed E-state index contributed by atoms with van der Waals surface area (Å²) in [4.78, 5) is 4.34. The fourth-order valence-electron chi connectivity index (χ4n) is 1.86. The Balaban J connectivity index is 2.33. The number of benzene rings is 1. The molecule has 2 rings (SSSR count). The molecule has 1 aromatic carbocycles. The first-order chi connectivity index (χ1) is 7.70. The van der Waals surface area contributed by atoms with Crippen molar-refractivity contribution in [3.63, 3.8) is 0 Å². The van der Waals surface area contributed by atoms with Gasteiger partial charge >= 0.3 is 0 Å². The standard InChI is InChI=1S/C13H17N3/c1-10-3-4-11(9-14)12(7-10)8-13-15-5-6-16(13)2/h3-7H,8-9,14H2,1-2H3. The van der Waals surface area contributed by atoms with E-state index in [0.717, 1.165) is 12.2 Å². The molecule has 0 spiro atoms. The molecule has 16 heavy (non-hydrogen) atoms. The lowest BCUT2D eigenvalue weighted by atomic mass is 10.0. The van der Waals surface area contributed by atoms with Crippen molar-refractivity contribution in [2.75, 3.05) is 0 Å². The van der Waals surface area contributed by atoms with Crippen LogP contribution in [0, 0.1) is 6.92 Å². The largest absolute Gasteiger partial charge is 0.338 e. The average molecular weight is 215 g/mol. The first-order valence-electron chi connectivity index (χ1n) is 5.45. The number of nitrogens with two attached hydrogens (primary N) is 1. The van der Waals surface area contributed by atoms with Crippen molar-refractivity contribution in [2.24, 2.45) is 12.8 Å². The summed E-state index contributed by atoms with van der Waals surface area (Å²) in [6.07, 6.45) is 4.64. The summed E-state index contributed by atoms with van der Waals surface area (Å²) in [5.74, 6) is 1.07. The molecule has 0 aliphatic rings. The number of rotatable bonds is 3. The molecule has 0 atom stereocenters. The molecule has 2 N–H and O–H groups in total. The molecule has 0 amide bonds. The van der Waals surface area contributed by atoms with Crippen molar-refractivity contribution in [3.05, 3.63) is 53.1 Å². The molecule has 0 saturated carbocycles. The van der Waals surface area contributed by atoms with Crippen molar-refractivity contribution in [3.8, 4) is 0 Å². The maximum atomic E-state index is 5.74. The third kappa shape index (κ3) is 2.14. The summed E-state index contributed by atoms with van der Waals surface area (Å²) in [7, 11) is 2.01. The number of aryl methyl sites for hydroxylation is 2. The van der Waals surface area contributed by atoms with Crippen LogP contribution in [0.25, 0.3) is 0 Å². The van der Waals surface area contributed by atoms with Gasteiger partial charge in [-0.25, -0.2) is 4.98 Å². The second-order valence-corrected chi connectivity index (χ2v) is 4.11. The Bertz CT molecular complexity index is 486. The lowest BCUT2D eigenvalue weighted by molar-refractivity contribution is 0.815. The topological polar surface area (TPSA) is 43.8 Å². The predicted octanol–water partition coefficient (Wildman–Crippen LogP) is 1.78. The predicted molar refractivity (Wildman–Crippen MR) is 65.1 cm³/mol. The summed E-state index contributed by atoms with van der Waals surface area (Å²) < 4.78 is 2.04. The molecule has 84 valence electrons. The number of hydrogen-bond donors (Lipinski definition) is 1. The quantitative estimate of drug-likeness (QED) is 0.848. The average Bonchev–Trinajstić information content (AvgIpc) is 2.65. The van der Waals surface area contributed by atoms with E-state index in [1.54, 1.807) is 0 Å². The Kier molecular flexibility index (Phi) is 3.06. The minimum atomic E-state index is 0.583. The molecule has 0 aliphatic carbocycles. The SMILES string of the molecule is Cc1ccc(CN)c(Cc2nccn2C)c1. The molecule has 1 heterocycles. The van der Waals surface area contributed by atoms with Gasteiger partial charge < -0.3 is 10.3 Å². The van der Waals surface area contributed by atoms with Crippen molar-refractivity contribution in [1.82, 2.24) is 9.55 Å². The normalized spacial score (nSPS) is 10.7. The molecule has 1 aromatic heterocycles. The summed E-state index contributed by atoms with van der Waals surface area (Å²) in [5.41, 5.74) is 9.48. The van der Waals surface area contributed by atoms with Crippen LogP contribution in [0.3, 0.4) is 0 Å². The van der Waals surface area contributed by atoms with Crippen LogP contribution in [-0.2, 0) is 20.0 Å². The summed E-state index contributed by atoms with van der Waals surface area (Å²) in [6, 6.07) is 6.40. The van der Waals surface area contributed by atoms with Crippen LogP contribution in [0.1, 0.15) is 22.5 Å². The molecular weight excluding hydrogens is 198 g/mol. The molecule has 2 aromatic rings. The van der Waals surface area contributed by atoms with Gasteiger partial charge in [0.2, 0.25) is 0 Å². The van der Waals surface area contributed by atoms with Gasteiger partial charge in [0.1, 0.15) is 5.82 Å². The second-order valence-electron chi connectivity index (χ2n) is 4.11. The number of nitrogens with zero attached hydrogens (tertiary/aromatic N) is 2. The molecule has 0 radical (unpaired) electrons. The number of imidazole rings is 1. The van der Waals surface area contributed by atoms with E-state index in [0.29, 0.717) is 6.54 Å². The third-order valence-electron chi connectivity index (χ3n) is 2.85. The van der Waals surface area contributed by atoms with Crippen LogP contribution in [0.15, 0.2) is 30.6 Å². The van der Waals surface area contributed by atoms with E-state index < -0.39 is 0 Å². The monoisotopic (exact) mass is 215 g/mol. The minimum absolute atomic E-state index is 0.583. The third-order valence-corrected chi connectivity index (χ3v) is 2.85. The molecule has 0 bridgehead atoms. The maximum Gasteiger partial charge on any atom is 0.112 e. The molecule has 0 aliphatic heterocycles. The van der Waals surface area contributed by atoms with Crippen LogP contribution < -0.4 is 5.73 Å². The van der Waals surface area contributed by atoms with E-state index in [2.05, 4.69) is 30.1 Å². The van der Waals surface area contributed by atoms with E-state index in [9.17, 15) is 0 Å². The van der Waals surface area contributed by atoms with Crippen molar-refractivity contribution in [1.29, 1.82) is 0 Å². The zero-order chi connectivity index (χ0) is 11.5. The highest BCUT2D eigenvalue weighted by Gasteiger charge is 2.05. The van der Waals surface area contributed by atoms with E-state index in [1.807, 2.05) is 24.0 Å². The van der Waals surface area contributed by atoms with Gasteiger partial charge in [-0.15, -0.1) is 0 Å². The fraction of sp³-hybridized carbons (Fsp3) is 0.308. The molecule has 0 unspecified atom stereocenters. The van der Waals surface area contributed by atoms with Crippen LogP contribution >= 0.6 is 0 Å². The van der Waals surface area contributed by atoms with Gasteiger partial charge in [-0.05, 0) is 18.1 Å². The van der Waals surface area contributed by atoms with E-state index >= 15 is 0 Å². The fourth-order valence-corrected chi connectivity index (χ4v) is 1.86. The first kappa shape index (κ1) is 10.9. The molecule has 3 heteroatoms. The van der Waals surface area contributed by atoms with Crippen LogP contribution in [0.4, 0.5) is 0 Å². The van der Waals surface area contributed by atoms with Gasteiger partial charge in [-0.3, -0.25) is 0 Å². The van der Waals surface area contributed by atoms with Gasteiger partial charge in [0.15, 0.2) is 0 Å². The van der Waals surface area contributed by atoms with Crippen molar-refractivity contribution < 1.29 is 0 Å². The second kappa shape index (κ2) is 4.49.